The molecule has 0 amide bonds. The lowest BCUT2D eigenvalue weighted by atomic mass is 9.86. The molecule has 0 bridgehead atoms. The normalized spacial score (nSPS) is 23.4. The molecule has 1 N–H and O–H groups in total. The summed E-state index contributed by atoms with van der Waals surface area (Å²) in [7, 11) is 0. The third-order valence-corrected chi connectivity index (χ3v) is 5.69. The number of hydrogen-bond acceptors (Lipinski definition) is 6. The minimum absolute atomic E-state index is 0.0589. The summed E-state index contributed by atoms with van der Waals surface area (Å²) in [5.41, 5.74) is 3.63. The van der Waals surface area contributed by atoms with E-state index < -0.39 is 6.10 Å². The summed E-state index contributed by atoms with van der Waals surface area (Å²) < 4.78 is 17.3. The SMILES string of the molecule is CC(=O)Oc1c(C)c(CC[C@H]2C[C@H](O)CC(=O)O2)c2c(c1C)CCC(C)(C)O2. The van der Waals surface area contributed by atoms with E-state index in [0.29, 0.717) is 25.0 Å². The summed E-state index contributed by atoms with van der Waals surface area (Å²) >= 11 is 0. The Bertz CT molecular complexity index is 795. The monoisotopic (exact) mass is 390 g/mol. The highest BCUT2D eigenvalue weighted by atomic mass is 16.5. The zero-order chi connectivity index (χ0) is 20.6. The van der Waals surface area contributed by atoms with Gasteiger partial charge in [-0.2, -0.15) is 0 Å². The topological polar surface area (TPSA) is 82.1 Å². The van der Waals surface area contributed by atoms with Crippen molar-refractivity contribution in [2.75, 3.05) is 0 Å². The number of fused-ring (bicyclic) bond motifs is 1. The zero-order valence-corrected chi connectivity index (χ0v) is 17.4. The minimum Gasteiger partial charge on any atom is -0.487 e. The summed E-state index contributed by atoms with van der Waals surface area (Å²) in [4.78, 5) is 23.3. The number of hydrogen-bond donors (Lipinski definition) is 1. The highest BCUT2D eigenvalue weighted by Crippen LogP contribution is 2.44. The Balaban J connectivity index is 1.96. The van der Waals surface area contributed by atoms with Crippen LogP contribution in [0, 0.1) is 13.8 Å². The molecule has 1 aromatic carbocycles. The van der Waals surface area contributed by atoms with E-state index in [-0.39, 0.29) is 30.1 Å². The molecule has 154 valence electrons. The molecule has 28 heavy (non-hydrogen) atoms. The van der Waals surface area contributed by atoms with E-state index in [9.17, 15) is 14.7 Å². The molecule has 1 aromatic rings. The Morgan fingerprint density at radius 1 is 1.29 bits per heavy atom. The second kappa shape index (κ2) is 7.74. The molecule has 0 radical (unpaired) electrons. The van der Waals surface area contributed by atoms with E-state index in [1.54, 1.807) is 0 Å². The van der Waals surface area contributed by atoms with Crippen LogP contribution in [0.1, 0.15) is 68.7 Å². The van der Waals surface area contributed by atoms with Gasteiger partial charge in [0.25, 0.3) is 0 Å². The van der Waals surface area contributed by atoms with Crippen LogP contribution in [0.4, 0.5) is 0 Å². The maximum atomic E-state index is 11.6. The van der Waals surface area contributed by atoms with Crippen molar-refractivity contribution in [1.82, 2.24) is 0 Å². The second-order valence-electron chi connectivity index (χ2n) is 8.56. The predicted octanol–water partition coefficient (Wildman–Crippen LogP) is 3.33. The third-order valence-electron chi connectivity index (χ3n) is 5.69. The van der Waals surface area contributed by atoms with Crippen LogP contribution < -0.4 is 9.47 Å². The Morgan fingerprint density at radius 3 is 2.64 bits per heavy atom. The standard InChI is InChI=1S/C22H30O6/c1-12-17(7-6-16-10-15(24)11-19(25)27-16)21-18(8-9-22(4,5)28-21)13(2)20(12)26-14(3)23/h15-16,24H,6-11H2,1-5H3/t15-,16-/m0/s1. The molecular formula is C22H30O6. The molecule has 2 aliphatic heterocycles. The molecule has 3 rings (SSSR count). The Kier molecular flexibility index (Phi) is 5.71. The number of cyclic esters (lactones) is 1. The van der Waals surface area contributed by atoms with Gasteiger partial charge in [-0.15, -0.1) is 0 Å². The lowest BCUT2D eigenvalue weighted by Gasteiger charge is -2.36. The first-order valence-corrected chi connectivity index (χ1v) is 9.97. The van der Waals surface area contributed by atoms with Gasteiger partial charge in [-0.25, -0.2) is 0 Å². The van der Waals surface area contributed by atoms with Crippen molar-refractivity contribution in [1.29, 1.82) is 0 Å². The molecule has 1 saturated heterocycles. The number of aliphatic hydroxyl groups is 1. The van der Waals surface area contributed by atoms with Gasteiger partial charge in [0, 0.05) is 24.5 Å². The molecule has 0 unspecified atom stereocenters. The average molecular weight is 390 g/mol. The van der Waals surface area contributed by atoms with Gasteiger partial charge >= 0.3 is 11.9 Å². The van der Waals surface area contributed by atoms with E-state index in [1.165, 1.54) is 6.92 Å². The largest absolute Gasteiger partial charge is 0.487 e. The summed E-state index contributed by atoms with van der Waals surface area (Å²) in [6.07, 6.45) is 2.48. The van der Waals surface area contributed by atoms with Gasteiger partial charge < -0.3 is 19.3 Å². The summed E-state index contributed by atoms with van der Waals surface area (Å²) in [5.74, 6) is 0.762. The fourth-order valence-corrected chi connectivity index (χ4v) is 4.20. The maximum Gasteiger partial charge on any atom is 0.308 e. The molecule has 2 heterocycles. The molecule has 6 nitrogen and oxygen atoms in total. The van der Waals surface area contributed by atoms with Crippen LogP contribution in [0.15, 0.2) is 0 Å². The fourth-order valence-electron chi connectivity index (χ4n) is 4.20. The predicted molar refractivity (Wildman–Crippen MR) is 104 cm³/mol. The molecule has 1 fully saturated rings. The quantitative estimate of drug-likeness (QED) is 0.627. The Morgan fingerprint density at radius 2 is 2.00 bits per heavy atom. The van der Waals surface area contributed by atoms with Gasteiger partial charge in [-0.1, -0.05) is 0 Å². The molecule has 2 aliphatic rings. The van der Waals surface area contributed by atoms with Crippen molar-refractivity contribution in [2.45, 2.75) is 91.0 Å². The van der Waals surface area contributed by atoms with Gasteiger partial charge in [-0.05, 0) is 64.5 Å². The third kappa shape index (κ3) is 4.32. The lowest BCUT2D eigenvalue weighted by Crippen LogP contribution is -2.34. The van der Waals surface area contributed by atoms with Crippen LogP contribution in [0.5, 0.6) is 11.5 Å². The van der Waals surface area contributed by atoms with Crippen LogP contribution in [-0.2, 0) is 27.2 Å². The average Bonchev–Trinajstić information content (AvgIpc) is 2.56. The minimum atomic E-state index is -0.647. The number of benzene rings is 1. The number of aliphatic hydroxyl groups excluding tert-OH is 1. The highest BCUT2D eigenvalue weighted by Gasteiger charge is 2.33. The van der Waals surface area contributed by atoms with Gasteiger partial charge in [-0.3, -0.25) is 9.59 Å². The van der Waals surface area contributed by atoms with Crippen molar-refractivity contribution in [3.8, 4) is 11.5 Å². The number of ether oxygens (including phenoxy) is 3. The number of esters is 2. The summed E-state index contributed by atoms with van der Waals surface area (Å²) in [6, 6.07) is 0. The Hall–Kier alpha value is -2.08. The van der Waals surface area contributed by atoms with Crippen molar-refractivity contribution in [2.24, 2.45) is 0 Å². The van der Waals surface area contributed by atoms with Crippen LogP contribution in [0.3, 0.4) is 0 Å². The van der Waals surface area contributed by atoms with Crippen molar-refractivity contribution in [3.05, 3.63) is 22.3 Å². The Labute approximate surface area is 166 Å². The number of carbonyl (C=O) groups is 2. The second-order valence-corrected chi connectivity index (χ2v) is 8.56. The molecule has 6 heteroatoms. The first-order valence-electron chi connectivity index (χ1n) is 9.97. The highest BCUT2D eigenvalue weighted by molar-refractivity contribution is 5.72. The molecule has 2 atom stereocenters. The first kappa shape index (κ1) is 20.6. The summed E-state index contributed by atoms with van der Waals surface area (Å²) in [5, 5.41) is 9.86. The number of rotatable bonds is 4. The molecular weight excluding hydrogens is 360 g/mol. The molecule has 0 saturated carbocycles. The van der Waals surface area contributed by atoms with Gasteiger partial charge in [0.15, 0.2) is 0 Å². The van der Waals surface area contributed by atoms with Crippen molar-refractivity contribution < 1.29 is 28.9 Å². The van der Waals surface area contributed by atoms with Crippen LogP contribution in [0.2, 0.25) is 0 Å². The smallest absolute Gasteiger partial charge is 0.308 e. The van der Waals surface area contributed by atoms with Crippen molar-refractivity contribution in [3.63, 3.8) is 0 Å². The fraction of sp³-hybridized carbons (Fsp3) is 0.636. The first-order chi connectivity index (χ1) is 13.1. The van der Waals surface area contributed by atoms with E-state index in [0.717, 1.165) is 40.8 Å². The summed E-state index contributed by atoms with van der Waals surface area (Å²) in [6.45, 7) is 9.45. The van der Waals surface area contributed by atoms with E-state index >= 15 is 0 Å². The number of carbonyl (C=O) groups excluding carboxylic acids is 2. The van der Waals surface area contributed by atoms with Crippen LogP contribution in [0.25, 0.3) is 0 Å². The molecule has 0 aliphatic carbocycles. The van der Waals surface area contributed by atoms with E-state index in [1.807, 2.05) is 13.8 Å². The zero-order valence-electron chi connectivity index (χ0n) is 17.4. The van der Waals surface area contributed by atoms with E-state index in [2.05, 4.69) is 13.8 Å². The van der Waals surface area contributed by atoms with E-state index in [4.69, 9.17) is 14.2 Å². The van der Waals surface area contributed by atoms with Crippen molar-refractivity contribution >= 4 is 11.9 Å². The van der Waals surface area contributed by atoms with Gasteiger partial charge in [0.2, 0.25) is 0 Å². The molecule has 0 aromatic heterocycles. The van der Waals surface area contributed by atoms with Crippen LogP contribution in [-0.4, -0.2) is 34.9 Å². The lowest BCUT2D eigenvalue weighted by molar-refractivity contribution is -0.160. The maximum absolute atomic E-state index is 11.6. The van der Waals surface area contributed by atoms with Crippen LogP contribution >= 0.6 is 0 Å². The molecule has 0 spiro atoms. The van der Waals surface area contributed by atoms with Gasteiger partial charge in [0.1, 0.15) is 23.2 Å². The van der Waals surface area contributed by atoms with Gasteiger partial charge in [0.05, 0.1) is 12.5 Å².